The van der Waals surface area contributed by atoms with E-state index in [2.05, 4.69) is 20.8 Å². The number of benzene rings is 3. The van der Waals surface area contributed by atoms with E-state index >= 15 is 0 Å². The minimum atomic E-state index is -0.853. The molecule has 1 fully saturated rings. The lowest BCUT2D eigenvalue weighted by Crippen LogP contribution is -2.35. The average molecular weight is 618 g/mol. The first-order valence-corrected chi connectivity index (χ1v) is 15.3. The van der Waals surface area contributed by atoms with Gasteiger partial charge in [0.2, 0.25) is 5.16 Å². The minimum absolute atomic E-state index is 0.0122. The van der Waals surface area contributed by atoms with Gasteiger partial charge in [0, 0.05) is 38.3 Å². The minimum Gasteiger partial charge on any atom is -0.453 e. The van der Waals surface area contributed by atoms with E-state index in [0.717, 1.165) is 33.4 Å². The van der Waals surface area contributed by atoms with Crippen LogP contribution in [0.3, 0.4) is 0 Å². The summed E-state index contributed by atoms with van der Waals surface area (Å²) in [6, 6.07) is 23.8. The molecule has 12 heteroatoms. The van der Waals surface area contributed by atoms with E-state index in [-0.39, 0.29) is 24.7 Å². The zero-order valence-corrected chi connectivity index (χ0v) is 25.6. The lowest BCUT2D eigenvalue weighted by atomic mass is 9.99. The first-order chi connectivity index (χ1) is 21.3. The lowest BCUT2D eigenvalue weighted by Gasteiger charge is -2.36. The normalized spacial score (nSPS) is 18.9. The number of hydrogen-bond donors (Lipinski definition) is 2. The number of hydrogen-bond acceptors (Lipinski definition) is 10. The molecule has 1 saturated heterocycles. The molecule has 1 aromatic heterocycles. The van der Waals surface area contributed by atoms with E-state index in [0.29, 0.717) is 23.9 Å². The van der Waals surface area contributed by atoms with Crippen molar-refractivity contribution in [2.75, 3.05) is 5.75 Å². The zero-order valence-electron chi connectivity index (χ0n) is 24.8. The number of amides is 1. The third kappa shape index (κ3) is 8.08. The van der Waals surface area contributed by atoms with Crippen molar-refractivity contribution in [2.45, 2.75) is 63.2 Å². The number of carbonyl (C=O) groups is 2. The zero-order chi connectivity index (χ0) is 31.1. The molecule has 2 N–H and O–H groups in total. The second kappa shape index (κ2) is 14.6. The number of thioether (sulfide) groups is 1. The molecule has 11 nitrogen and oxygen atoms in total. The van der Waals surface area contributed by atoms with Crippen LogP contribution in [0.4, 0.5) is 0 Å². The molecule has 0 saturated carbocycles. The van der Waals surface area contributed by atoms with Crippen molar-refractivity contribution < 1.29 is 28.9 Å². The maximum Gasteiger partial charge on any atom is 0.303 e. The van der Waals surface area contributed by atoms with Crippen molar-refractivity contribution in [3.63, 3.8) is 0 Å². The quantitative estimate of drug-likeness (QED) is 0.185. The number of carbonyl (C=O) groups excluding carboxylic acids is 2. The fourth-order valence-electron chi connectivity index (χ4n) is 4.86. The summed E-state index contributed by atoms with van der Waals surface area (Å²) in [5.74, 6) is -0.196. The van der Waals surface area contributed by atoms with E-state index < -0.39 is 18.4 Å². The number of esters is 1. The second-order valence-electron chi connectivity index (χ2n) is 10.5. The molecule has 0 radical (unpaired) electrons. The number of aliphatic hydroxyl groups is 1. The highest BCUT2D eigenvalue weighted by atomic mass is 32.2. The number of nitrogens with one attached hydrogen (secondary N) is 1. The van der Waals surface area contributed by atoms with E-state index in [1.54, 1.807) is 18.7 Å². The molecule has 1 amide bonds. The van der Waals surface area contributed by atoms with Gasteiger partial charge in [-0.05, 0) is 51.2 Å². The molecule has 0 aliphatic carbocycles. The summed E-state index contributed by atoms with van der Waals surface area (Å²) in [4.78, 5) is 23.4. The fourth-order valence-corrected chi connectivity index (χ4v) is 5.73. The summed E-state index contributed by atoms with van der Waals surface area (Å²) in [6.45, 7) is 3.12. The van der Waals surface area contributed by atoms with Gasteiger partial charge in [-0.1, -0.05) is 78.5 Å². The van der Waals surface area contributed by atoms with Crippen LogP contribution < -0.4 is 5.32 Å². The molecule has 0 unspecified atom stereocenters. The van der Waals surface area contributed by atoms with Crippen LogP contribution >= 0.6 is 11.8 Å². The number of nitrogens with zero attached hydrogens (tertiary/aromatic N) is 4. The van der Waals surface area contributed by atoms with Crippen molar-refractivity contribution >= 4 is 23.6 Å². The predicted octanol–water partition coefficient (Wildman–Crippen LogP) is 4.27. The van der Waals surface area contributed by atoms with E-state index in [9.17, 15) is 14.7 Å². The Bertz CT molecular complexity index is 1560. The molecular formula is C32H35N5O6S. The first-order valence-electron chi connectivity index (χ1n) is 14.3. The second-order valence-corrected chi connectivity index (χ2v) is 11.5. The topological polar surface area (TPSA) is 138 Å². The molecule has 3 aromatic carbocycles. The summed E-state index contributed by atoms with van der Waals surface area (Å²) in [5.41, 5.74) is 5.68. The van der Waals surface area contributed by atoms with Crippen LogP contribution in [0.2, 0.25) is 0 Å². The van der Waals surface area contributed by atoms with E-state index in [4.69, 9.17) is 14.2 Å². The van der Waals surface area contributed by atoms with Crippen molar-refractivity contribution in [3.8, 4) is 11.1 Å². The highest BCUT2D eigenvalue weighted by Crippen LogP contribution is 2.39. The number of rotatable bonds is 11. The Kier molecular flexibility index (Phi) is 10.4. The van der Waals surface area contributed by atoms with Crippen molar-refractivity contribution in [3.05, 3.63) is 95.1 Å². The number of tetrazole rings is 1. The van der Waals surface area contributed by atoms with Crippen molar-refractivity contribution in [2.24, 2.45) is 7.05 Å². The van der Waals surface area contributed by atoms with Crippen LogP contribution in [-0.2, 0) is 44.0 Å². The van der Waals surface area contributed by atoms with Crippen molar-refractivity contribution in [1.82, 2.24) is 25.5 Å². The largest absolute Gasteiger partial charge is 0.453 e. The van der Waals surface area contributed by atoms with Gasteiger partial charge in [-0.3, -0.25) is 9.59 Å². The molecular weight excluding hydrogens is 582 g/mol. The van der Waals surface area contributed by atoms with Gasteiger partial charge < -0.3 is 24.6 Å². The maximum absolute atomic E-state index is 12.2. The van der Waals surface area contributed by atoms with Gasteiger partial charge in [0.05, 0.1) is 18.8 Å². The number of aromatic nitrogens is 4. The third-order valence-electron chi connectivity index (χ3n) is 7.22. The number of aliphatic hydroxyl groups excluding tert-OH is 1. The maximum atomic E-state index is 12.2. The third-order valence-corrected chi connectivity index (χ3v) is 8.36. The standard InChI is InChI=1S/C32H35N5O6S/c1-20(41-21(2)39)30(40)33-17-23-5-4-6-27(15-23)24-11-13-26(14-12-24)31-42-28(19-44-32-34-35-36-37(32)3)16-29(43-31)25-9-7-22(18-38)8-10-25/h4-15,20,28-29,31,38H,16-19H2,1-3H3,(H,33,40)/t20-,28+,29-,31-/m0/s1. The van der Waals surface area contributed by atoms with Crippen LogP contribution in [0, 0.1) is 0 Å². The van der Waals surface area contributed by atoms with Crippen LogP contribution in [0.15, 0.2) is 78.0 Å². The molecule has 230 valence electrons. The molecule has 0 spiro atoms. The number of aryl methyl sites for hydroxylation is 1. The van der Waals surface area contributed by atoms with Crippen LogP contribution in [0.1, 0.15) is 54.9 Å². The smallest absolute Gasteiger partial charge is 0.303 e. The Morgan fingerprint density at radius 2 is 1.80 bits per heavy atom. The number of ether oxygens (including phenoxy) is 3. The molecule has 1 aliphatic rings. The van der Waals surface area contributed by atoms with Gasteiger partial charge in [-0.2, -0.15) is 0 Å². The Hall–Kier alpha value is -4.10. The van der Waals surface area contributed by atoms with Gasteiger partial charge in [0.25, 0.3) is 5.91 Å². The summed E-state index contributed by atoms with van der Waals surface area (Å²) in [6.07, 6.45) is -1.08. The summed E-state index contributed by atoms with van der Waals surface area (Å²) in [5, 5.41) is 24.7. The molecule has 4 atom stereocenters. The summed E-state index contributed by atoms with van der Waals surface area (Å²) in [7, 11) is 1.81. The van der Waals surface area contributed by atoms with Crippen molar-refractivity contribution in [1.29, 1.82) is 0 Å². The first kappa shape index (κ1) is 31.3. The van der Waals surface area contributed by atoms with Crippen LogP contribution in [-0.4, -0.2) is 55.2 Å². The lowest BCUT2D eigenvalue weighted by molar-refractivity contribution is -0.245. The molecule has 5 rings (SSSR count). The molecule has 44 heavy (non-hydrogen) atoms. The highest BCUT2D eigenvalue weighted by molar-refractivity contribution is 7.99. The van der Waals surface area contributed by atoms with Gasteiger partial charge in [0.1, 0.15) is 0 Å². The van der Waals surface area contributed by atoms with Crippen LogP contribution in [0.5, 0.6) is 0 Å². The van der Waals surface area contributed by atoms with Gasteiger partial charge in [-0.25, -0.2) is 4.68 Å². The Balaban J connectivity index is 1.28. The Morgan fingerprint density at radius 3 is 2.48 bits per heavy atom. The van der Waals surface area contributed by atoms with E-state index in [1.165, 1.54) is 18.7 Å². The molecule has 0 bridgehead atoms. The highest BCUT2D eigenvalue weighted by Gasteiger charge is 2.32. The van der Waals surface area contributed by atoms with Gasteiger partial charge in [-0.15, -0.1) is 5.10 Å². The summed E-state index contributed by atoms with van der Waals surface area (Å²) >= 11 is 1.54. The molecule has 2 heterocycles. The Morgan fingerprint density at radius 1 is 1.05 bits per heavy atom. The fraction of sp³-hybridized carbons (Fsp3) is 0.344. The average Bonchev–Trinajstić information content (AvgIpc) is 3.46. The van der Waals surface area contributed by atoms with Crippen LogP contribution in [0.25, 0.3) is 11.1 Å². The van der Waals surface area contributed by atoms with E-state index in [1.807, 2.05) is 72.8 Å². The Labute approximate surface area is 259 Å². The SMILES string of the molecule is CC(=O)O[C@@H](C)C(=O)NCc1cccc(-c2ccc([C@H]3O[C@@H](CSc4nnnn4C)C[C@@H](c4ccc(CO)cc4)O3)cc2)c1. The monoisotopic (exact) mass is 617 g/mol. The van der Waals surface area contributed by atoms with Gasteiger partial charge >= 0.3 is 5.97 Å². The predicted molar refractivity (Wildman–Crippen MR) is 163 cm³/mol. The summed E-state index contributed by atoms with van der Waals surface area (Å²) < 4.78 is 19.5. The molecule has 4 aromatic rings. The molecule has 1 aliphatic heterocycles. The van der Waals surface area contributed by atoms with Gasteiger partial charge in [0.15, 0.2) is 12.4 Å².